The van der Waals surface area contributed by atoms with Gasteiger partial charge >= 0.3 is 6.18 Å². The van der Waals surface area contributed by atoms with E-state index in [0.717, 1.165) is 11.9 Å². The molecule has 0 saturated carbocycles. The number of rotatable bonds is 3. The van der Waals surface area contributed by atoms with Gasteiger partial charge in [0.15, 0.2) is 5.82 Å². The van der Waals surface area contributed by atoms with Gasteiger partial charge in [-0.25, -0.2) is 9.98 Å². The van der Waals surface area contributed by atoms with Crippen LogP contribution in [0.4, 0.5) is 36.3 Å². The average molecular weight is 392 g/mol. The van der Waals surface area contributed by atoms with Crippen LogP contribution in [-0.4, -0.2) is 28.2 Å². The fraction of sp³-hybridized carbons (Fsp3) is 0.188. The minimum Gasteiger partial charge on any atom is -0.390 e. The first-order valence-electron chi connectivity index (χ1n) is 7.98. The second-order valence-corrected chi connectivity index (χ2v) is 5.72. The Morgan fingerprint density at radius 2 is 2.11 bits per heavy atom. The Labute approximate surface area is 156 Å². The van der Waals surface area contributed by atoms with Crippen LogP contribution in [0.3, 0.4) is 0 Å². The van der Waals surface area contributed by atoms with Crippen LogP contribution >= 0.6 is 0 Å². The van der Waals surface area contributed by atoms with Crippen LogP contribution in [0.25, 0.3) is 0 Å². The fourth-order valence-electron chi connectivity index (χ4n) is 2.52. The van der Waals surface area contributed by atoms with Gasteiger partial charge in [-0.15, -0.1) is 0 Å². The number of carbonyl (C=O) groups is 1. The summed E-state index contributed by atoms with van der Waals surface area (Å²) in [6, 6.07) is 5.08. The number of fused-ring (bicyclic) bond motifs is 1. The predicted molar refractivity (Wildman–Crippen MR) is 97.7 cm³/mol. The van der Waals surface area contributed by atoms with Crippen molar-refractivity contribution in [2.24, 2.45) is 21.5 Å². The topological polar surface area (TPSA) is 144 Å². The lowest BCUT2D eigenvalue weighted by Gasteiger charge is -2.18. The maximum atomic E-state index is 13.2. The number of benzene rings is 1. The quantitative estimate of drug-likeness (QED) is 0.465. The summed E-state index contributed by atoms with van der Waals surface area (Å²) in [5, 5.41) is 5.55. The Kier molecular flexibility index (Phi) is 5.11. The van der Waals surface area contributed by atoms with Crippen LogP contribution in [-0.2, 0) is 17.4 Å². The zero-order valence-corrected chi connectivity index (χ0v) is 14.3. The number of aliphatic imine (C=N–C) groups is 2. The maximum absolute atomic E-state index is 13.2. The molecule has 0 unspecified atom stereocenters. The van der Waals surface area contributed by atoms with Crippen molar-refractivity contribution in [1.82, 2.24) is 9.97 Å². The highest BCUT2D eigenvalue weighted by atomic mass is 19.4. The summed E-state index contributed by atoms with van der Waals surface area (Å²) in [4.78, 5) is 25.9. The van der Waals surface area contributed by atoms with Crippen molar-refractivity contribution in [2.75, 3.05) is 10.6 Å². The lowest BCUT2D eigenvalue weighted by Crippen LogP contribution is -2.18. The van der Waals surface area contributed by atoms with Crippen molar-refractivity contribution in [3.8, 4) is 0 Å². The summed E-state index contributed by atoms with van der Waals surface area (Å²) in [6.45, 7) is 0. The van der Waals surface area contributed by atoms with Gasteiger partial charge in [0.1, 0.15) is 5.56 Å². The van der Waals surface area contributed by atoms with Gasteiger partial charge in [0.25, 0.3) is 0 Å². The summed E-state index contributed by atoms with van der Waals surface area (Å²) in [5.41, 5.74) is 11.4. The highest BCUT2D eigenvalue weighted by Gasteiger charge is 2.35. The van der Waals surface area contributed by atoms with Crippen LogP contribution in [0.5, 0.6) is 0 Å². The van der Waals surface area contributed by atoms with E-state index in [1.165, 1.54) is 0 Å². The van der Waals surface area contributed by atoms with E-state index in [-0.39, 0.29) is 11.9 Å². The van der Waals surface area contributed by atoms with Gasteiger partial charge in [0, 0.05) is 24.0 Å². The number of hydrogen-bond acceptors (Lipinski definition) is 5. The molecule has 0 fully saturated rings. The van der Waals surface area contributed by atoms with Crippen LogP contribution < -0.4 is 22.1 Å². The lowest BCUT2D eigenvalue weighted by molar-refractivity contribution is -0.137. The molecule has 2 aromatic rings. The van der Waals surface area contributed by atoms with Crippen molar-refractivity contribution in [3.05, 3.63) is 35.5 Å². The van der Waals surface area contributed by atoms with Crippen LogP contribution in [0.2, 0.25) is 0 Å². The number of aromatic nitrogens is 2. The number of nitrogens with two attached hydrogens (primary N) is 2. The number of aryl methyl sites for hydroxylation is 1. The molecule has 0 radical (unpaired) electrons. The zero-order chi connectivity index (χ0) is 20.3. The molecule has 0 aliphatic carbocycles. The van der Waals surface area contributed by atoms with E-state index in [2.05, 4.69) is 30.6 Å². The molecule has 0 saturated heterocycles. The molecule has 1 aromatic carbocycles. The van der Waals surface area contributed by atoms with E-state index in [1.807, 2.05) is 0 Å². The van der Waals surface area contributed by atoms with E-state index in [4.69, 9.17) is 11.5 Å². The smallest absolute Gasteiger partial charge is 0.390 e. The number of hydrogen-bond donors (Lipinski definition) is 4. The molecule has 28 heavy (non-hydrogen) atoms. The first-order chi connectivity index (χ1) is 13.3. The molecule has 1 aliphatic rings. The van der Waals surface area contributed by atoms with Crippen LogP contribution in [0.15, 0.2) is 34.4 Å². The number of nitrogens with zero attached hydrogens (tertiary/aromatic N) is 4. The van der Waals surface area contributed by atoms with Crippen molar-refractivity contribution in [1.29, 1.82) is 0 Å². The molecule has 6 N–H and O–H groups in total. The van der Waals surface area contributed by atoms with Gasteiger partial charge in [-0.1, -0.05) is 0 Å². The van der Waals surface area contributed by atoms with Crippen molar-refractivity contribution < 1.29 is 18.0 Å². The van der Waals surface area contributed by atoms with Gasteiger partial charge in [-0.3, -0.25) is 4.79 Å². The number of guanidine groups is 1. The van der Waals surface area contributed by atoms with Gasteiger partial charge in [0.2, 0.25) is 17.8 Å². The fourth-order valence-corrected chi connectivity index (χ4v) is 2.52. The summed E-state index contributed by atoms with van der Waals surface area (Å²) >= 11 is 0. The number of anilines is 3. The number of alkyl halides is 3. The largest absolute Gasteiger partial charge is 0.421 e. The van der Waals surface area contributed by atoms with Crippen LogP contribution in [0.1, 0.15) is 17.5 Å². The third-order valence-corrected chi connectivity index (χ3v) is 3.76. The number of halogens is 3. The van der Waals surface area contributed by atoms with E-state index in [0.29, 0.717) is 30.4 Å². The summed E-state index contributed by atoms with van der Waals surface area (Å²) in [6.07, 6.45) is -2.42. The molecule has 146 valence electrons. The molecule has 1 aliphatic heterocycles. The molecule has 2 heterocycles. The minimum absolute atomic E-state index is 0.0699. The first kappa shape index (κ1) is 19.1. The Balaban J connectivity index is 1.93. The summed E-state index contributed by atoms with van der Waals surface area (Å²) < 4.78 is 39.5. The van der Waals surface area contributed by atoms with E-state index in [1.54, 1.807) is 18.2 Å². The summed E-state index contributed by atoms with van der Waals surface area (Å²) in [7, 11) is 0. The maximum Gasteiger partial charge on any atom is 0.421 e. The second-order valence-electron chi connectivity index (χ2n) is 5.72. The minimum atomic E-state index is -4.73. The van der Waals surface area contributed by atoms with Crippen LogP contribution in [0, 0.1) is 0 Å². The van der Waals surface area contributed by atoms with E-state index in [9.17, 15) is 18.0 Å². The van der Waals surface area contributed by atoms with E-state index < -0.39 is 23.5 Å². The molecule has 9 nitrogen and oxygen atoms in total. The number of carbonyl (C=O) groups excluding carboxylic acids is 1. The highest BCUT2D eigenvalue weighted by molar-refractivity contribution is 5.94. The second kappa shape index (κ2) is 7.50. The molecular formula is C16H15F3N8O. The molecule has 3 rings (SSSR count). The molecular weight excluding hydrogens is 377 g/mol. The lowest BCUT2D eigenvalue weighted by atomic mass is 10.0. The van der Waals surface area contributed by atoms with Gasteiger partial charge in [-0.05, 0) is 30.2 Å². The summed E-state index contributed by atoms with van der Waals surface area (Å²) in [5.74, 6) is -1.36. The Morgan fingerprint density at radius 3 is 2.82 bits per heavy atom. The predicted octanol–water partition coefficient (Wildman–Crippen LogP) is 2.06. The Morgan fingerprint density at radius 1 is 1.32 bits per heavy atom. The monoisotopic (exact) mass is 392 g/mol. The molecule has 12 heteroatoms. The van der Waals surface area contributed by atoms with Gasteiger partial charge in [-0.2, -0.15) is 23.1 Å². The average Bonchev–Trinajstić information content (AvgIpc) is 2.61. The molecule has 1 aromatic heterocycles. The molecule has 0 atom stereocenters. The number of amides is 1. The molecule has 1 amide bonds. The number of nitrogens with one attached hydrogen (secondary N) is 2. The standard InChI is InChI=1S/C16H15F3N8O/c17-16(18,19)10-6-22-15(27-13(10)26-14(21)23-7-20)24-9-2-3-11-8(5-9)1-4-12(28)25-11/h2-3,5-7H,1,4H2,(H,25,28)(H5,20,21,22,23,24,26,27). The zero-order valence-electron chi connectivity index (χ0n) is 14.3. The van der Waals surface area contributed by atoms with Gasteiger partial charge in [0.05, 0.1) is 6.34 Å². The molecule has 0 bridgehead atoms. The third-order valence-electron chi connectivity index (χ3n) is 3.76. The normalized spacial score (nSPS) is 14.7. The Hall–Kier alpha value is -3.70. The SMILES string of the molecule is N/C=N\C(N)=Nc1nc(Nc2ccc3c(c2)CCC(=O)N3)ncc1C(F)(F)F. The third kappa shape index (κ3) is 4.34. The first-order valence-corrected chi connectivity index (χ1v) is 7.98. The Bertz CT molecular complexity index is 971. The van der Waals surface area contributed by atoms with Crippen molar-refractivity contribution in [2.45, 2.75) is 19.0 Å². The van der Waals surface area contributed by atoms with Crippen molar-refractivity contribution in [3.63, 3.8) is 0 Å². The van der Waals surface area contributed by atoms with Gasteiger partial charge < -0.3 is 22.1 Å². The highest BCUT2D eigenvalue weighted by Crippen LogP contribution is 2.35. The van der Waals surface area contributed by atoms with Crippen molar-refractivity contribution >= 4 is 41.3 Å². The van der Waals surface area contributed by atoms with E-state index >= 15 is 0 Å². The molecule has 0 spiro atoms.